The molecule has 0 fully saturated rings. The molecule has 2 heterocycles. The van der Waals surface area contributed by atoms with Crippen molar-refractivity contribution in [1.82, 2.24) is 20.3 Å². The number of nitrogens with one attached hydrogen (secondary N) is 2. The summed E-state index contributed by atoms with van der Waals surface area (Å²) in [5.41, 5.74) is 2.19. The number of esters is 1. The van der Waals surface area contributed by atoms with Gasteiger partial charge < -0.3 is 15.4 Å². The van der Waals surface area contributed by atoms with E-state index in [1.165, 1.54) is 0 Å². The molecule has 29 heavy (non-hydrogen) atoms. The number of pyridine rings is 1. The summed E-state index contributed by atoms with van der Waals surface area (Å²) in [6, 6.07) is 13.9. The normalized spacial score (nSPS) is 10.3. The van der Waals surface area contributed by atoms with Crippen LogP contribution in [0.5, 0.6) is 0 Å². The zero-order valence-corrected chi connectivity index (χ0v) is 16.2. The number of carbonyl (C=O) groups is 2. The van der Waals surface area contributed by atoms with Crippen molar-refractivity contribution in [3.63, 3.8) is 0 Å². The second-order valence-corrected chi connectivity index (χ2v) is 6.11. The number of hydrogen-bond acceptors (Lipinski definition) is 7. The SMILES string of the molecule is CCOC(=O)c1ccc(Nc2cc(C(=O)NCc3ccccn3)nc(C)n2)cc1. The Hall–Kier alpha value is -3.81. The average Bonchev–Trinajstić information content (AvgIpc) is 2.73. The predicted molar refractivity (Wildman–Crippen MR) is 108 cm³/mol. The number of aryl methyl sites for hydroxylation is 1. The first kappa shape index (κ1) is 19.9. The van der Waals surface area contributed by atoms with Crippen molar-refractivity contribution in [2.45, 2.75) is 20.4 Å². The lowest BCUT2D eigenvalue weighted by Gasteiger charge is -2.10. The van der Waals surface area contributed by atoms with E-state index in [1.807, 2.05) is 18.2 Å². The highest BCUT2D eigenvalue weighted by Crippen LogP contribution is 2.17. The van der Waals surface area contributed by atoms with Gasteiger partial charge in [-0.15, -0.1) is 0 Å². The lowest BCUT2D eigenvalue weighted by molar-refractivity contribution is 0.0526. The second kappa shape index (κ2) is 9.41. The van der Waals surface area contributed by atoms with Crippen molar-refractivity contribution < 1.29 is 14.3 Å². The van der Waals surface area contributed by atoms with Crippen LogP contribution in [0.2, 0.25) is 0 Å². The number of nitrogens with zero attached hydrogens (tertiary/aromatic N) is 3. The molecule has 8 heteroatoms. The predicted octanol–water partition coefficient (Wildman–Crippen LogP) is 3.03. The minimum atomic E-state index is -0.371. The highest BCUT2D eigenvalue weighted by atomic mass is 16.5. The third-order valence-electron chi connectivity index (χ3n) is 3.90. The highest BCUT2D eigenvalue weighted by molar-refractivity contribution is 5.93. The molecule has 0 aliphatic rings. The van der Waals surface area contributed by atoms with Crippen LogP contribution in [0.25, 0.3) is 0 Å². The number of amides is 1. The lowest BCUT2D eigenvalue weighted by Crippen LogP contribution is -2.24. The van der Waals surface area contributed by atoms with Gasteiger partial charge >= 0.3 is 5.97 Å². The Morgan fingerprint density at radius 3 is 2.55 bits per heavy atom. The Kier molecular flexibility index (Phi) is 6.47. The van der Waals surface area contributed by atoms with Gasteiger partial charge in [0.05, 0.1) is 24.4 Å². The molecule has 0 aliphatic carbocycles. The molecule has 0 saturated heterocycles. The molecule has 2 aromatic heterocycles. The highest BCUT2D eigenvalue weighted by Gasteiger charge is 2.11. The summed E-state index contributed by atoms with van der Waals surface area (Å²) in [5, 5.41) is 5.91. The van der Waals surface area contributed by atoms with Crippen LogP contribution in [0.15, 0.2) is 54.7 Å². The number of carbonyl (C=O) groups excluding carboxylic acids is 2. The smallest absolute Gasteiger partial charge is 0.338 e. The van der Waals surface area contributed by atoms with Gasteiger partial charge in [0.1, 0.15) is 17.3 Å². The van der Waals surface area contributed by atoms with E-state index in [2.05, 4.69) is 25.6 Å². The lowest BCUT2D eigenvalue weighted by atomic mass is 10.2. The average molecular weight is 391 g/mol. The van der Waals surface area contributed by atoms with Crippen molar-refractivity contribution >= 4 is 23.4 Å². The van der Waals surface area contributed by atoms with Gasteiger partial charge in [-0.05, 0) is 50.2 Å². The first-order valence-corrected chi connectivity index (χ1v) is 9.13. The third kappa shape index (κ3) is 5.58. The molecule has 1 amide bonds. The molecule has 1 aromatic carbocycles. The van der Waals surface area contributed by atoms with Crippen LogP contribution >= 0.6 is 0 Å². The monoisotopic (exact) mass is 391 g/mol. The third-order valence-corrected chi connectivity index (χ3v) is 3.90. The molecule has 3 aromatic rings. The van der Waals surface area contributed by atoms with Crippen molar-refractivity contribution in [1.29, 1.82) is 0 Å². The van der Waals surface area contributed by atoms with Crippen molar-refractivity contribution in [3.8, 4) is 0 Å². The summed E-state index contributed by atoms with van der Waals surface area (Å²) in [5.74, 6) is 0.246. The van der Waals surface area contributed by atoms with Crippen molar-refractivity contribution in [2.75, 3.05) is 11.9 Å². The van der Waals surface area contributed by atoms with E-state index in [9.17, 15) is 9.59 Å². The van der Waals surface area contributed by atoms with E-state index in [0.717, 1.165) is 11.4 Å². The van der Waals surface area contributed by atoms with Crippen LogP contribution < -0.4 is 10.6 Å². The molecule has 0 aliphatic heterocycles. The number of anilines is 2. The van der Waals surface area contributed by atoms with E-state index < -0.39 is 0 Å². The minimum absolute atomic E-state index is 0.249. The Bertz CT molecular complexity index is 991. The molecule has 0 spiro atoms. The molecule has 3 rings (SSSR count). The van der Waals surface area contributed by atoms with Crippen LogP contribution in [0.4, 0.5) is 11.5 Å². The Morgan fingerprint density at radius 2 is 1.86 bits per heavy atom. The number of benzene rings is 1. The number of ether oxygens (including phenoxy) is 1. The maximum absolute atomic E-state index is 12.4. The zero-order valence-electron chi connectivity index (χ0n) is 16.2. The number of rotatable bonds is 7. The Morgan fingerprint density at radius 1 is 1.07 bits per heavy atom. The molecule has 0 bridgehead atoms. The standard InChI is InChI=1S/C21H21N5O3/c1-3-29-21(28)15-7-9-16(10-8-15)26-19-12-18(24-14(2)25-19)20(27)23-13-17-6-4-5-11-22-17/h4-12H,3,13H2,1-2H3,(H,23,27)(H,24,25,26). The van der Waals surface area contributed by atoms with E-state index in [1.54, 1.807) is 50.4 Å². The summed E-state index contributed by atoms with van der Waals surface area (Å²) in [6.07, 6.45) is 1.67. The number of hydrogen-bond donors (Lipinski definition) is 2. The Balaban J connectivity index is 1.68. The first-order chi connectivity index (χ1) is 14.0. The minimum Gasteiger partial charge on any atom is -0.462 e. The molecule has 0 unspecified atom stereocenters. The fourth-order valence-electron chi connectivity index (χ4n) is 2.56. The molecule has 8 nitrogen and oxygen atoms in total. The summed E-state index contributed by atoms with van der Waals surface area (Å²) >= 11 is 0. The summed E-state index contributed by atoms with van der Waals surface area (Å²) < 4.78 is 4.97. The number of aromatic nitrogens is 3. The van der Waals surface area contributed by atoms with Gasteiger partial charge in [0, 0.05) is 18.0 Å². The zero-order chi connectivity index (χ0) is 20.6. The summed E-state index contributed by atoms with van der Waals surface area (Å²) in [7, 11) is 0. The van der Waals surface area contributed by atoms with Gasteiger partial charge in [-0.1, -0.05) is 6.07 Å². The molecule has 0 atom stereocenters. The molecule has 148 valence electrons. The van der Waals surface area contributed by atoms with E-state index in [0.29, 0.717) is 30.4 Å². The largest absolute Gasteiger partial charge is 0.462 e. The molecule has 0 saturated carbocycles. The van der Waals surface area contributed by atoms with Gasteiger partial charge in [0.2, 0.25) is 0 Å². The van der Waals surface area contributed by atoms with Crippen molar-refractivity contribution in [3.05, 3.63) is 77.5 Å². The summed E-state index contributed by atoms with van der Waals surface area (Å²) in [4.78, 5) is 36.9. The molecular weight excluding hydrogens is 370 g/mol. The quantitative estimate of drug-likeness (QED) is 0.596. The van der Waals surface area contributed by atoms with Gasteiger partial charge in [-0.25, -0.2) is 14.8 Å². The summed E-state index contributed by atoms with van der Waals surface area (Å²) in [6.45, 7) is 4.10. The van der Waals surface area contributed by atoms with Crippen LogP contribution in [0.3, 0.4) is 0 Å². The molecular formula is C21H21N5O3. The Labute approximate surface area is 168 Å². The van der Waals surface area contributed by atoms with Crippen LogP contribution in [-0.2, 0) is 11.3 Å². The second-order valence-electron chi connectivity index (χ2n) is 6.11. The van der Waals surface area contributed by atoms with E-state index in [-0.39, 0.29) is 17.6 Å². The first-order valence-electron chi connectivity index (χ1n) is 9.13. The van der Waals surface area contributed by atoms with Gasteiger partial charge in [-0.2, -0.15) is 0 Å². The molecule has 2 N–H and O–H groups in total. The fourth-order valence-corrected chi connectivity index (χ4v) is 2.56. The van der Waals surface area contributed by atoms with Gasteiger partial charge in [0.25, 0.3) is 5.91 Å². The van der Waals surface area contributed by atoms with Gasteiger partial charge in [-0.3, -0.25) is 9.78 Å². The molecule has 0 radical (unpaired) electrons. The van der Waals surface area contributed by atoms with Crippen LogP contribution in [-0.4, -0.2) is 33.4 Å². The topological polar surface area (TPSA) is 106 Å². The van der Waals surface area contributed by atoms with E-state index >= 15 is 0 Å². The maximum atomic E-state index is 12.4. The van der Waals surface area contributed by atoms with E-state index in [4.69, 9.17) is 4.74 Å². The van der Waals surface area contributed by atoms with Crippen molar-refractivity contribution in [2.24, 2.45) is 0 Å². The fraction of sp³-hybridized carbons (Fsp3) is 0.190. The maximum Gasteiger partial charge on any atom is 0.338 e. The van der Waals surface area contributed by atoms with Gasteiger partial charge in [0.15, 0.2) is 0 Å². The van der Waals surface area contributed by atoms with Crippen LogP contribution in [0, 0.1) is 6.92 Å². The van der Waals surface area contributed by atoms with Crippen LogP contribution in [0.1, 0.15) is 39.3 Å².